The smallest absolute Gasteiger partial charge is 0.308 e. The van der Waals surface area contributed by atoms with Crippen molar-refractivity contribution < 1.29 is 19.1 Å². The van der Waals surface area contributed by atoms with Crippen LogP contribution in [0.1, 0.15) is 31.2 Å². The Hall–Kier alpha value is -3.76. The first-order valence-electron chi connectivity index (χ1n) is 11.4. The van der Waals surface area contributed by atoms with Crippen LogP contribution in [-0.4, -0.2) is 27.1 Å². The van der Waals surface area contributed by atoms with E-state index < -0.39 is 12.2 Å². The predicted molar refractivity (Wildman–Crippen MR) is 143 cm³/mol. The lowest BCUT2D eigenvalue weighted by Crippen LogP contribution is -2.36. The van der Waals surface area contributed by atoms with E-state index in [2.05, 4.69) is 31.1 Å². The highest BCUT2D eigenvalue weighted by molar-refractivity contribution is 9.10. The van der Waals surface area contributed by atoms with Gasteiger partial charge >= 0.3 is 5.97 Å². The molecule has 2 heterocycles. The van der Waals surface area contributed by atoms with Crippen LogP contribution in [0.3, 0.4) is 0 Å². The third kappa shape index (κ3) is 5.35. The summed E-state index contributed by atoms with van der Waals surface area (Å²) >= 11 is 5.01. The van der Waals surface area contributed by atoms with Gasteiger partial charge in [-0.05, 0) is 29.8 Å². The summed E-state index contributed by atoms with van der Waals surface area (Å²) in [6.07, 6.45) is -0.923. The first kappa shape index (κ1) is 24.9. The summed E-state index contributed by atoms with van der Waals surface area (Å²) < 4.78 is 12.4. The molecule has 1 aromatic heterocycles. The number of hydrogen-bond donors (Lipinski definition) is 0. The molecule has 1 atom stereocenters. The molecule has 1 unspecified atom stereocenters. The molecule has 1 aliphatic rings. The fraction of sp³-hybridized carbons (Fsp3) is 0.148. The van der Waals surface area contributed by atoms with Crippen molar-refractivity contribution in [2.75, 3.05) is 4.90 Å². The van der Waals surface area contributed by atoms with E-state index in [1.807, 2.05) is 54.6 Å². The van der Waals surface area contributed by atoms with Crippen LogP contribution >= 0.6 is 27.7 Å². The first-order valence-corrected chi connectivity index (χ1v) is 13.1. The van der Waals surface area contributed by atoms with E-state index in [1.165, 1.54) is 30.5 Å². The zero-order chi connectivity index (χ0) is 25.9. The minimum atomic E-state index is -0.923. The number of aromatic nitrogens is 3. The van der Waals surface area contributed by atoms with Crippen molar-refractivity contribution in [3.8, 4) is 22.9 Å². The van der Waals surface area contributed by atoms with Gasteiger partial charge in [-0.1, -0.05) is 76.2 Å². The van der Waals surface area contributed by atoms with Crippen molar-refractivity contribution in [2.45, 2.75) is 31.0 Å². The molecule has 0 N–H and O–H groups in total. The summed E-state index contributed by atoms with van der Waals surface area (Å²) in [5.41, 5.74) is 3.41. The summed E-state index contributed by atoms with van der Waals surface area (Å²) in [6.45, 7) is 2.79. The fourth-order valence-electron chi connectivity index (χ4n) is 3.98. The predicted octanol–water partition coefficient (Wildman–Crippen LogP) is 5.96. The van der Waals surface area contributed by atoms with E-state index in [1.54, 1.807) is 18.2 Å². The molecule has 186 valence electrons. The Morgan fingerprint density at radius 1 is 1.03 bits per heavy atom. The molecule has 0 spiro atoms. The summed E-state index contributed by atoms with van der Waals surface area (Å²) in [6, 6.07) is 22.4. The maximum absolute atomic E-state index is 13.0. The molecule has 8 nitrogen and oxygen atoms in total. The van der Waals surface area contributed by atoms with Crippen LogP contribution in [0.2, 0.25) is 0 Å². The Balaban J connectivity index is 1.61. The number of benzene rings is 3. The molecule has 0 radical (unpaired) electrons. The van der Waals surface area contributed by atoms with Gasteiger partial charge in [-0.3, -0.25) is 14.5 Å². The standard InChI is InChI=1S/C27H21BrN4O4S/c1-16(33)32-23-11-7-6-10-20(23)24-25(29-27(31-30-24)37-15-18-8-4-3-5-9-18)36-26(32)21-14-19(35-17(2)34)12-13-22(21)28/h3-14,26H,15H2,1-2H3. The number of esters is 1. The average Bonchev–Trinajstić information content (AvgIpc) is 3.03. The number of carbonyl (C=O) groups excluding carboxylic acids is 2. The topological polar surface area (TPSA) is 94.5 Å². The second kappa shape index (κ2) is 10.7. The van der Waals surface area contributed by atoms with E-state index in [4.69, 9.17) is 9.47 Å². The largest absolute Gasteiger partial charge is 0.447 e. The van der Waals surface area contributed by atoms with Gasteiger partial charge in [0.1, 0.15) is 5.75 Å². The molecule has 0 saturated heterocycles. The quantitative estimate of drug-likeness (QED) is 0.163. The van der Waals surface area contributed by atoms with E-state index in [-0.39, 0.29) is 11.8 Å². The maximum atomic E-state index is 13.0. The third-order valence-corrected chi connectivity index (χ3v) is 7.19. The number of carbonyl (C=O) groups is 2. The molecule has 0 aliphatic carbocycles. The lowest BCUT2D eigenvalue weighted by Gasteiger charge is -2.30. The number of nitrogens with zero attached hydrogens (tertiary/aromatic N) is 4. The zero-order valence-electron chi connectivity index (χ0n) is 19.9. The molecule has 1 aliphatic heterocycles. The number of fused-ring (bicyclic) bond motifs is 3. The lowest BCUT2D eigenvalue weighted by molar-refractivity contribution is -0.132. The Kier molecular flexibility index (Phi) is 7.20. The van der Waals surface area contributed by atoms with Crippen LogP contribution < -0.4 is 14.4 Å². The van der Waals surface area contributed by atoms with Crippen LogP contribution in [-0.2, 0) is 15.3 Å². The Morgan fingerprint density at radius 2 is 1.78 bits per heavy atom. The van der Waals surface area contributed by atoms with Gasteiger partial charge in [0.2, 0.25) is 23.2 Å². The molecule has 37 heavy (non-hydrogen) atoms. The number of hydrogen-bond acceptors (Lipinski definition) is 8. The summed E-state index contributed by atoms with van der Waals surface area (Å²) in [7, 11) is 0. The highest BCUT2D eigenvalue weighted by Gasteiger charge is 2.35. The molecule has 0 fully saturated rings. The molecule has 5 rings (SSSR count). The third-order valence-electron chi connectivity index (χ3n) is 5.56. The highest BCUT2D eigenvalue weighted by atomic mass is 79.9. The number of thioether (sulfide) groups is 1. The summed E-state index contributed by atoms with van der Waals surface area (Å²) in [4.78, 5) is 30.8. The first-order chi connectivity index (χ1) is 17.9. The summed E-state index contributed by atoms with van der Waals surface area (Å²) in [5, 5.41) is 9.24. The van der Waals surface area contributed by atoms with Gasteiger partial charge in [-0.25, -0.2) is 0 Å². The van der Waals surface area contributed by atoms with Crippen molar-refractivity contribution >= 4 is 45.3 Å². The monoisotopic (exact) mass is 576 g/mol. The second-order valence-corrected chi connectivity index (χ2v) is 9.97. The fourth-order valence-corrected chi connectivity index (χ4v) is 5.16. The SMILES string of the molecule is CC(=O)Oc1ccc(Br)c(C2Oc3nc(SCc4ccccc4)nnc3-c3ccccc3N2C(C)=O)c1. The number of halogens is 1. The van der Waals surface area contributed by atoms with Crippen LogP contribution in [0.25, 0.3) is 11.3 Å². The highest BCUT2D eigenvalue weighted by Crippen LogP contribution is 2.45. The summed E-state index contributed by atoms with van der Waals surface area (Å²) in [5.74, 6) is 0.538. The van der Waals surface area contributed by atoms with Gasteiger partial charge in [0.25, 0.3) is 0 Å². The second-order valence-electron chi connectivity index (χ2n) is 8.18. The molecule has 3 aromatic carbocycles. The number of rotatable bonds is 5. The van der Waals surface area contributed by atoms with Crippen molar-refractivity contribution in [1.82, 2.24) is 15.2 Å². The van der Waals surface area contributed by atoms with Crippen molar-refractivity contribution in [3.05, 3.63) is 88.4 Å². The van der Waals surface area contributed by atoms with Gasteiger partial charge in [0.05, 0.1) is 5.69 Å². The van der Waals surface area contributed by atoms with Crippen LogP contribution in [0.4, 0.5) is 5.69 Å². The van der Waals surface area contributed by atoms with Gasteiger partial charge in [-0.15, -0.1) is 10.2 Å². The number of ether oxygens (including phenoxy) is 2. The zero-order valence-corrected chi connectivity index (χ0v) is 22.3. The van der Waals surface area contributed by atoms with Gasteiger partial charge in [0.15, 0.2) is 5.69 Å². The van der Waals surface area contributed by atoms with Crippen LogP contribution in [0.15, 0.2) is 82.4 Å². The lowest BCUT2D eigenvalue weighted by atomic mass is 10.1. The maximum Gasteiger partial charge on any atom is 0.308 e. The van der Waals surface area contributed by atoms with Crippen LogP contribution in [0, 0.1) is 0 Å². The molecular formula is C27H21BrN4O4S. The van der Waals surface area contributed by atoms with Gasteiger partial charge in [-0.2, -0.15) is 4.98 Å². The molecule has 0 bridgehead atoms. The van der Waals surface area contributed by atoms with Gasteiger partial charge in [0, 0.05) is 35.2 Å². The number of amides is 1. The number of para-hydroxylation sites is 1. The molecule has 4 aromatic rings. The number of anilines is 1. The normalized spacial score (nSPS) is 14.1. The molecular weight excluding hydrogens is 556 g/mol. The van der Waals surface area contributed by atoms with E-state index in [9.17, 15) is 9.59 Å². The van der Waals surface area contributed by atoms with E-state index in [0.717, 1.165) is 5.56 Å². The minimum Gasteiger partial charge on any atom is -0.447 e. The van der Waals surface area contributed by atoms with Crippen molar-refractivity contribution in [3.63, 3.8) is 0 Å². The minimum absolute atomic E-state index is 0.247. The van der Waals surface area contributed by atoms with Gasteiger partial charge < -0.3 is 9.47 Å². The average molecular weight is 577 g/mol. The van der Waals surface area contributed by atoms with Crippen molar-refractivity contribution in [1.29, 1.82) is 0 Å². The Labute approximate surface area is 226 Å². The molecule has 0 saturated carbocycles. The van der Waals surface area contributed by atoms with Crippen molar-refractivity contribution in [2.24, 2.45) is 0 Å². The molecule has 10 heteroatoms. The molecule has 1 amide bonds. The Morgan fingerprint density at radius 3 is 2.54 bits per heavy atom. The van der Waals surface area contributed by atoms with Crippen LogP contribution in [0.5, 0.6) is 11.6 Å². The Bertz CT molecular complexity index is 1480. The van der Waals surface area contributed by atoms with E-state index in [0.29, 0.717) is 43.6 Å². The van der Waals surface area contributed by atoms with E-state index >= 15 is 0 Å².